The van der Waals surface area contributed by atoms with Crippen molar-refractivity contribution in [2.24, 2.45) is 5.92 Å². The van der Waals surface area contributed by atoms with Crippen LogP contribution in [0.3, 0.4) is 0 Å². The molecule has 0 aliphatic heterocycles. The predicted molar refractivity (Wildman–Crippen MR) is 67.0 cm³/mol. The quantitative estimate of drug-likeness (QED) is 0.818. The minimum Gasteiger partial charge on any atom is -0.328 e. The monoisotopic (exact) mass is 284 g/mol. The van der Waals surface area contributed by atoms with Crippen LogP contribution in [0.1, 0.15) is 19.7 Å². The SMILES string of the molecule is Cc1nc2c(F)c(Br)ccc2n1CC(C)C. The number of rotatable bonds is 2. The van der Waals surface area contributed by atoms with Gasteiger partial charge >= 0.3 is 0 Å². The van der Waals surface area contributed by atoms with Gasteiger partial charge in [-0.25, -0.2) is 9.37 Å². The fraction of sp³-hybridized carbons (Fsp3) is 0.417. The van der Waals surface area contributed by atoms with E-state index in [0.29, 0.717) is 15.9 Å². The van der Waals surface area contributed by atoms with Crippen LogP contribution in [0.25, 0.3) is 11.0 Å². The standard InChI is InChI=1S/C12H14BrFN2/c1-7(2)6-16-8(3)15-12-10(16)5-4-9(13)11(12)14/h4-5,7H,6H2,1-3H3. The second-order valence-corrected chi connectivity index (χ2v) is 5.25. The number of fused-ring (bicyclic) bond motifs is 1. The van der Waals surface area contributed by atoms with E-state index >= 15 is 0 Å². The minimum atomic E-state index is -0.275. The highest BCUT2D eigenvalue weighted by molar-refractivity contribution is 9.10. The van der Waals surface area contributed by atoms with Crippen molar-refractivity contribution in [3.63, 3.8) is 0 Å². The van der Waals surface area contributed by atoms with Crippen molar-refractivity contribution < 1.29 is 4.39 Å². The molecule has 86 valence electrons. The number of hydrogen-bond acceptors (Lipinski definition) is 1. The molecule has 1 aromatic heterocycles. The third-order valence-electron chi connectivity index (χ3n) is 2.55. The van der Waals surface area contributed by atoms with Gasteiger partial charge in [0.25, 0.3) is 0 Å². The largest absolute Gasteiger partial charge is 0.328 e. The highest BCUT2D eigenvalue weighted by Gasteiger charge is 2.13. The maximum atomic E-state index is 13.8. The van der Waals surface area contributed by atoms with E-state index < -0.39 is 0 Å². The van der Waals surface area contributed by atoms with Crippen LogP contribution >= 0.6 is 15.9 Å². The number of nitrogens with zero attached hydrogens (tertiary/aromatic N) is 2. The Morgan fingerprint density at radius 2 is 2.12 bits per heavy atom. The van der Waals surface area contributed by atoms with E-state index in [0.717, 1.165) is 17.9 Å². The van der Waals surface area contributed by atoms with Gasteiger partial charge in [-0.1, -0.05) is 13.8 Å². The zero-order valence-electron chi connectivity index (χ0n) is 9.59. The molecule has 4 heteroatoms. The van der Waals surface area contributed by atoms with Crippen LogP contribution in [0, 0.1) is 18.7 Å². The van der Waals surface area contributed by atoms with E-state index in [-0.39, 0.29) is 5.82 Å². The van der Waals surface area contributed by atoms with Crippen LogP contribution in [0.15, 0.2) is 16.6 Å². The summed E-state index contributed by atoms with van der Waals surface area (Å²) in [6.45, 7) is 7.06. The number of hydrogen-bond donors (Lipinski definition) is 0. The fourth-order valence-electron chi connectivity index (χ4n) is 1.85. The Morgan fingerprint density at radius 1 is 1.44 bits per heavy atom. The molecule has 0 aliphatic carbocycles. The average Bonchev–Trinajstić information content (AvgIpc) is 2.51. The van der Waals surface area contributed by atoms with E-state index in [9.17, 15) is 4.39 Å². The average molecular weight is 285 g/mol. The van der Waals surface area contributed by atoms with E-state index in [1.807, 2.05) is 13.0 Å². The summed E-state index contributed by atoms with van der Waals surface area (Å²) in [7, 11) is 0. The predicted octanol–water partition coefficient (Wildman–Crippen LogP) is 3.90. The fourth-order valence-corrected chi connectivity index (χ4v) is 2.17. The van der Waals surface area contributed by atoms with Crippen LogP contribution in [0.2, 0.25) is 0 Å². The maximum absolute atomic E-state index is 13.8. The molecular formula is C12H14BrFN2. The molecular weight excluding hydrogens is 271 g/mol. The maximum Gasteiger partial charge on any atom is 0.165 e. The Labute approximate surface area is 103 Å². The lowest BCUT2D eigenvalue weighted by molar-refractivity contribution is 0.524. The Balaban J connectivity index is 2.67. The van der Waals surface area contributed by atoms with Crippen molar-refractivity contribution in [2.45, 2.75) is 27.3 Å². The molecule has 2 nitrogen and oxygen atoms in total. The van der Waals surface area contributed by atoms with Crippen molar-refractivity contribution in [2.75, 3.05) is 0 Å². The van der Waals surface area contributed by atoms with E-state index in [4.69, 9.17) is 0 Å². The van der Waals surface area contributed by atoms with Crippen molar-refractivity contribution in [1.82, 2.24) is 9.55 Å². The van der Waals surface area contributed by atoms with Crippen molar-refractivity contribution in [1.29, 1.82) is 0 Å². The number of halogens is 2. The summed E-state index contributed by atoms with van der Waals surface area (Å²) in [6, 6.07) is 3.64. The van der Waals surface area contributed by atoms with Gasteiger partial charge in [-0.2, -0.15) is 0 Å². The van der Waals surface area contributed by atoms with E-state index in [1.54, 1.807) is 6.07 Å². The molecule has 2 rings (SSSR count). The lowest BCUT2D eigenvalue weighted by Gasteiger charge is -2.09. The summed E-state index contributed by atoms with van der Waals surface area (Å²) in [6.07, 6.45) is 0. The van der Waals surface area contributed by atoms with Gasteiger partial charge in [0.15, 0.2) is 5.82 Å². The number of aromatic nitrogens is 2. The molecule has 0 atom stereocenters. The second-order valence-electron chi connectivity index (χ2n) is 4.39. The van der Waals surface area contributed by atoms with Crippen LogP contribution in [-0.2, 0) is 6.54 Å². The van der Waals surface area contributed by atoms with Crippen LogP contribution < -0.4 is 0 Å². The highest BCUT2D eigenvalue weighted by Crippen LogP contribution is 2.25. The second kappa shape index (κ2) is 4.17. The Kier molecular flexibility index (Phi) is 3.02. The summed E-state index contributed by atoms with van der Waals surface area (Å²) in [4.78, 5) is 4.28. The van der Waals surface area contributed by atoms with E-state index in [2.05, 4.69) is 39.3 Å². The molecule has 0 spiro atoms. The van der Waals surface area contributed by atoms with Gasteiger partial charge in [0.05, 0.1) is 9.99 Å². The molecule has 0 aliphatic rings. The first-order chi connectivity index (χ1) is 7.50. The molecule has 0 unspecified atom stereocenters. The van der Waals surface area contributed by atoms with Crippen molar-refractivity contribution >= 4 is 27.0 Å². The van der Waals surface area contributed by atoms with Gasteiger partial charge in [0.2, 0.25) is 0 Å². The zero-order chi connectivity index (χ0) is 11.9. The van der Waals surface area contributed by atoms with Crippen molar-refractivity contribution in [3.05, 3.63) is 28.2 Å². The molecule has 0 N–H and O–H groups in total. The molecule has 0 radical (unpaired) electrons. The number of aryl methyl sites for hydroxylation is 1. The molecule has 16 heavy (non-hydrogen) atoms. The van der Waals surface area contributed by atoms with Crippen molar-refractivity contribution in [3.8, 4) is 0 Å². The first kappa shape index (κ1) is 11.6. The van der Waals surface area contributed by atoms with Crippen LogP contribution in [-0.4, -0.2) is 9.55 Å². The molecule has 1 heterocycles. The summed E-state index contributed by atoms with van der Waals surface area (Å²) >= 11 is 3.18. The van der Waals surface area contributed by atoms with Gasteiger partial charge in [-0.15, -0.1) is 0 Å². The van der Waals surface area contributed by atoms with Crippen LogP contribution in [0.4, 0.5) is 4.39 Å². The van der Waals surface area contributed by atoms with Gasteiger partial charge in [0, 0.05) is 6.54 Å². The van der Waals surface area contributed by atoms with E-state index in [1.165, 1.54) is 0 Å². The molecule has 0 fully saturated rings. The molecule has 2 aromatic rings. The summed E-state index contributed by atoms with van der Waals surface area (Å²) in [5.41, 5.74) is 1.32. The number of benzene rings is 1. The molecule has 1 aromatic carbocycles. The Bertz CT molecular complexity index is 531. The minimum absolute atomic E-state index is 0.275. The normalized spacial score (nSPS) is 11.6. The first-order valence-corrected chi connectivity index (χ1v) is 6.11. The molecule has 0 bridgehead atoms. The van der Waals surface area contributed by atoms with Gasteiger partial charge in [-0.3, -0.25) is 0 Å². The highest BCUT2D eigenvalue weighted by atomic mass is 79.9. The lowest BCUT2D eigenvalue weighted by atomic mass is 10.2. The molecule has 0 amide bonds. The molecule has 0 saturated carbocycles. The summed E-state index contributed by atoms with van der Waals surface area (Å²) < 4.78 is 16.3. The topological polar surface area (TPSA) is 17.8 Å². The third-order valence-corrected chi connectivity index (χ3v) is 3.16. The van der Waals surface area contributed by atoms with Gasteiger partial charge in [0.1, 0.15) is 11.3 Å². The molecule has 0 saturated heterocycles. The van der Waals surface area contributed by atoms with Gasteiger partial charge in [-0.05, 0) is 40.9 Å². The Hall–Kier alpha value is -0.900. The first-order valence-electron chi connectivity index (χ1n) is 5.31. The summed E-state index contributed by atoms with van der Waals surface area (Å²) in [5.74, 6) is 1.10. The van der Waals surface area contributed by atoms with Crippen LogP contribution in [0.5, 0.6) is 0 Å². The smallest absolute Gasteiger partial charge is 0.165 e. The number of imidazole rings is 1. The Morgan fingerprint density at radius 3 is 2.75 bits per heavy atom. The summed E-state index contributed by atoms with van der Waals surface area (Å²) in [5, 5.41) is 0. The zero-order valence-corrected chi connectivity index (χ0v) is 11.2. The van der Waals surface area contributed by atoms with Gasteiger partial charge < -0.3 is 4.57 Å². The third kappa shape index (κ3) is 1.86. The lowest BCUT2D eigenvalue weighted by Crippen LogP contribution is -2.05.